The Morgan fingerprint density at radius 1 is 1.00 bits per heavy atom. The lowest BCUT2D eigenvalue weighted by Crippen LogP contribution is -2.33. The summed E-state index contributed by atoms with van der Waals surface area (Å²) in [4.78, 5) is 34.7. The minimum Gasteiger partial charge on any atom is -0.459 e. The van der Waals surface area contributed by atoms with Crippen molar-refractivity contribution in [2.75, 3.05) is 20.1 Å². The van der Waals surface area contributed by atoms with Crippen molar-refractivity contribution in [1.29, 1.82) is 0 Å². The zero-order valence-electron chi connectivity index (χ0n) is 13.7. The average Bonchev–Trinajstić information content (AvgIpc) is 3.18. The van der Waals surface area contributed by atoms with Gasteiger partial charge in [0.1, 0.15) is 0 Å². The van der Waals surface area contributed by atoms with Crippen LogP contribution in [0.2, 0.25) is 0 Å². The number of carbonyl (C=O) groups is 3. The van der Waals surface area contributed by atoms with Gasteiger partial charge in [-0.1, -0.05) is 12.1 Å². The summed E-state index contributed by atoms with van der Waals surface area (Å²) in [6.45, 7) is 0.588. The molecular formula is C18H19N3O4. The molecule has 0 spiro atoms. The van der Waals surface area contributed by atoms with Crippen LogP contribution in [0.1, 0.15) is 26.5 Å². The average molecular weight is 341 g/mol. The number of furan rings is 1. The second kappa shape index (κ2) is 9.07. The fourth-order valence-corrected chi connectivity index (χ4v) is 1.98. The number of nitrogens with one attached hydrogen (secondary N) is 3. The molecule has 0 aliphatic carbocycles. The maximum Gasteiger partial charge on any atom is 0.287 e. The summed E-state index contributed by atoms with van der Waals surface area (Å²) in [6.07, 6.45) is 4.45. The molecule has 0 aliphatic heterocycles. The molecule has 1 aromatic carbocycles. The molecule has 2 aromatic rings. The summed E-state index contributed by atoms with van der Waals surface area (Å²) >= 11 is 0. The highest BCUT2D eigenvalue weighted by atomic mass is 16.3. The van der Waals surface area contributed by atoms with E-state index in [9.17, 15) is 14.4 Å². The van der Waals surface area contributed by atoms with E-state index in [0.29, 0.717) is 18.7 Å². The van der Waals surface area contributed by atoms with E-state index in [1.165, 1.54) is 12.3 Å². The van der Waals surface area contributed by atoms with E-state index < -0.39 is 0 Å². The fraction of sp³-hybridized carbons (Fsp3) is 0.167. The van der Waals surface area contributed by atoms with Crippen LogP contribution in [0.5, 0.6) is 0 Å². The van der Waals surface area contributed by atoms with Gasteiger partial charge in [0, 0.05) is 31.8 Å². The van der Waals surface area contributed by atoms with Gasteiger partial charge in [-0.05, 0) is 35.9 Å². The van der Waals surface area contributed by atoms with Crippen molar-refractivity contribution in [3.63, 3.8) is 0 Å². The molecule has 2 rings (SSSR count). The SMILES string of the molecule is CNC(=O)c1ccc(/C=C/C(=O)NCCNC(=O)c2ccco2)cc1. The summed E-state index contributed by atoms with van der Waals surface area (Å²) < 4.78 is 4.96. The maximum atomic E-state index is 11.7. The van der Waals surface area contributed by atoms with Crippen LogP contribution >= 0.6 is 0 Å². The molecule has 0 unspecified atom stereocenters. The zero-order chi connectivity index (χ0) is 18.1. The quantitative estimate of drug-likeness (QED) is 0.520. The summed E-state index contributed by atoms with van der Waals surface area (Å²) in [5.41, 5.74) is 1.35. The molecule has 7 heteroatoms. The maximum absolute atomic E-state index is 11.7. The molecule has 25 heavy (non-hydrogen) atoms. The number of amides is 3. The number of carbonyl (C=O) groups excluding carboxylic acids is 3. The highest BCUT2D eigenvalue weighted by Crippen LogP contribution is 2.06. The summed E-state index contributed by atoms with van der Waals surface area (Å²) in [6, 6.07) is 10.0. The van der Waals surface area contributed by atoms with Gasteiger partial charge < -0.3 is 20.4 Å². The van der Waals surface area contributed by atoms with Gasteiger partial charge in [-0.25, -0.2) is 0 Å². The highest BCUT2D eigenvalue weighted by Gasteiger charge is 2.06. The van der Waals surface area contributed by atoms with Crippen molar-refractivity contribution in [3.8, 4) is 0 Å². The topological polar surface area (TPSA) is 100 Å². The van der Waals surface area contributed by atoms with E-state index in [-0.39, 0.29) is 23.5 Å². The second-order valence-electron chi connectivity index (χ2n) is 5.06. The lowest BCUT2D eigenvalue weighted by molar-refractivity contribution is -0.116. The van der Waals surface area contributed by atoms with E-state index in [0.717, 1.165) is 5.56 Å². The van der Waals surface area contributed by atoms with Crippen molar-refractivity contribution in [3.05, 3.63) is 65.6 Å². The highest BCUT2D eigenvalue weighted by molar-refractivity contribution is 5.95. The molecule has 3 N–H and O–H groups in total. The third-order valence-electron chi connectivity index (χ3n) is 3.28. The number of benzene rings is 1. The van der Waals surface area contributed by atoms with E-state index in [2.05, 4.69) is 16.0 Å². The normalized spacial score (nSPS) is 10.4. The molecular weight excluding hydrogens is 322 g/mol. The van der Waals surface area contributed by atoms with Crippen LogP contribution in [0.25, 0.3) is 6.08 Å². The minimum atomic E-state index is -0.328. The van der Waals surface area contributed by atoms with Gasteiger partial charge in [0.15, 0.2) is 5.76 Å². The molecule has 1 aromatic heterocycles. The predicted octanol–water partition coefficient (Wildman–Crippen LogP) is 1.20. The standard InChI is InChI=1S/C18H19N3O4/c1-19-17(23)14-7-4-13(5-8-14)6-9-16(22)20-10-11-21-18(24)15-3-2-12-25-15/h2-9,12H,10-11H2,1H3,(H,19,23)(H,20,22)(H,21,24)/b9-6+. The lowest BCUT2D eigenvalue weighted by Gasteiger charge is -2.04. The smallest absolute Gasteiger partial charge is 0.287 e. The van der Waals surface area contributed by atoms with Gasteiger partial charge in [-0.3, -0.25) is 14.4 Å². The van der Waals surface area contributed by atoms with Crippen molar-refractivity contribution < 1.29 is 18.8 Å². The number of hydrogen-bond donors (Lipinski definition) is 3. The van der Waals surface area contributed by atoms with Gasteiger partial charge in [0.05, 0.1) is 6.26 Å². The first-order chi connectivity index (χ1) is 12.1. The largest absolute Gasteiger partial charge is 0.459 e. The van der Waals surface area contributed by atoms with Crippen molar-refractivity contribution in [1.82, 2.24) is 16.0 Å². The Labute approximate surface area is 145 Å². The minimum absolute atomic E-state index is 0.162. The molecule has 0 radical (unpaired) electrons. The second-order valence-corrected chi connectivity index (χ2v) is 5.06. The zero-order valence-corrected chi connectivity index (χ0v) is 13.7. The molecule has 0 atom stereocenters. The molecule has 0 fully saturated rings. The van der Waals surface area contributed by atoms with Crippen LogP contribution in [-0.2, 0) is 4.79 Å². The van der Waals surface area contributed by atoms with Gasteiger partial charge in [-0.2, -0.15) is 0 Å². The van der Waals surface area contributed by atoms with Crippen molar-refractivity contribution in [2.45, 2.75) is 0 Å². The fourth-order valence-electron chi connectivity index (χ4n) is 1.98. The molecule has 1 heterocycles. The first kappa shape index (κ1) is 18.0. The Bertz CT molecular complexity index is 749. The Morgan fingerprint density at radius 2 is 1.72 bits per heavy atom. The molecule has 0 saturated heterocycles. The monoisotopic (exact) mass is 341 g/mol. The lowest BCUT2D eigenvalue weighted by atomic mass is 10.1. The third-order valence-corrected chi connectivity index (χ3v) is 3.28. The Hall–Kier alpha value is -3.35. The summed E-state index contributed by atoms with van der Waals surface area (Å²) in [5.74, 6) is -0.537. The van der Waals surface area contributed by atoms with Crippen LogP contribution in [0, 0.1) is 0 Å². The van der Waals surface area contributed by atoms with E-state index in [1.807, 2.05) is 0 Å². The molecule has 130 valence electrons. The Morgan fingerprint density at radius 3 is 2.36 bits per heavy atom. The summed E-state index contributed by atoms with van der Waals surface area (Å²) in [7, 11) is 1.57. The van der Waals surface area contributed by atoms with Crippen LogP contribution in [0.3, 0.4) is 0 Å². The predicted molar refractivity (Wildman–Crippen MR) is 92.9 cm³/mol. The van der Waals surface area contributed by atoms with Gasteiger partial charge in [0.2, 0.25) is 5.91 Å². The third kappa shape index (κ3) is 5.65. The molecule has 0 bridgehead atoms. The Balaban J connectivity index is 1.71. The Kier molecular flexibility index (Phi) is 6.53. The van der Waals surface area contributed by atoms with Crippen LogP contribution in [0.15, 0.2) is 53.2 Å². The van der Waals surface area contributed by atoms with E-state index >= 15 is 0 Å². The number of hydrogen-bond acceptors (Lipinski definition) is 4. The van der Waals surface area contributed by atoms with Crippen molar-refractivity contribution in [2.24, 2.45) is 0 Å². The van der Waals surface area contributed by atoms with Gasteiger partial charge in [-0.15, -0.1) is 0 Å². The van der Waals surface area contributed by atoms with Crippen LogP contribution in [0.4, 0.5) is 0 Å². The van der Waals surface area contributed by atoms with E-state index in [4.69, 9.17) is 4.42 Å². The number of rotatable bonds is 7. The molecule has 3 amide bonds. The molecule has 0 saturated carbocycles. The molecule has 0 aliphatic rings. The van der Waals surface area contributed by atoms with E-state index in [1.54, 1.807) is 49.5 Å². The van der Waals surface area contributed by atoms with Crippen molar-refractivity contribution >= 4 is 23.8 Å². The van der Waals surface area contributed by atoms with Crippen LogP contribution < -0.4 is 16.0 Å². The van der Waals surface area contributed by atoms with Gasteiger partial charge >= 0.3 is 0 Å². The first-order valence-corrected chi connectivity index (χ1v) is 7.70. The summed E-state index contributed by atoms with van der Waals surface area (Å²) in [5, 5.41) is 7.82. The van der Waals surface area contributed by atoms with Gasteiger partial charge in [0.25, 0.3) is 11.8 Å². The molecule has 7 nitrogen and oxygen atoms in total. The van der Waals surface area contributed by atoms with Crippen LogP contribution in [-0.4, -0.2) is 37.9 Å². The first-order valence-electron chi connectivity index (χ1n) is 7.70.